The average Bonchev–Trinajstić information content (AvgIpc) is 3.00. The zero-order valence-electron chi connectivity index (χ0n) is 24.3. The van der Waals surface area contributed by atoms with Crippen molar-refractivity contribution in [3.05, 3.63) is 156 Å². The van der Waals surface area contributed by atoms with Crippen LogP contribution in [0.25, 0.3) is 44.8 Å². The van der Waals surface area contributed by atoms with E-state index in [1.807, 2.05) is 0 Å². The largest absolute Gasteiger partial charge is 0.213 e. The summed E-state index contributed by atoms with van der Waals surface area (Å²) in [5, 5.41) is 0. The van der Waals surface area contributed by atoms with E-state index in [1.165, 1.54) is 67.0 Å². The van der Waals surface area contributed by atoms with Gasteiger partial charge >= 0.3 is 0 Å². The quantitative estimate of drug-likeness (QED) is 0.190. The van der Waals surface area contributed by atoms with E-state index in [0.29, 0.717) is 0 Å². The molecule has 0 amide bonds. The van der Waals surface area contributed by atoms with Gasteiger partial charge in [-0.05, 0) is 71.8 Å². The minimum Gasteiger partial charge on any atom is -0.201 e. The number of pyridine rings is 2. The number of benzene rings is 4. The highest BCUT2D eigenvalue weighted by atomic mass is 15.0. The topological polar surface area (TPSA) is 7.76 Å². The highest BCUT2D eigenvalue weighted by molar-refractivity contribution is 5.74. The molecule has 0 fully saturated rings. The first-order valence-corrected chi connectivity index (χ1v) is 14.3. The van der Waals surface area contributed by atoms with E-state index in [1.54, 1.807) is 0 Å². The summed E-state index contributed by atoms with van der Waals surface area (Å²) >= 11 is 0. The molecule has 0 spiro atoms. The van der Waals surface area contributed by atoms with Crippen molar-refractivity contribution in [2.24, 2.45) is 7.05 Å². The van der Waals surface area contributed by atoms with E-state index in [2.05, 4.69) is 171 Å². The Hall–Kier alpha value is -4.82. The predicted octanol–water partition coefficient (Wildman–Crippen LogP) is 8.44. The molecule has 2 heterocycles. The van der Waals surface area contributed by atoms with E-state index in [9.17, 15) is 0 Å². The molecule has 2 nitrogen and oxygen atoms in total. The molecule has 0 bridgehead atoms. The molecule has 0 unspecified atom stereocenters. The second kappa shape index (κ2) is 11.3. The fourth-order valence-electron chi connectivity index (χ4n) is 5.60. The summed E-state index contributed by atoms with van der Waals surface area (Å²) in [4.78, 5) is 0. The maximum absolute atomic E-state index is 2.40. The van der Waals surface area contributed by atoms with Gasteiger partial charge in [0.15, 0.2) is 18.9 Å². The first-order valence-electron chi connectivity index (χ1n) is 14.3. The van der Waals surface area contributed by atoms with Gasteiger partial charge in [0.1, 0.15) is 7.05 Å². The van der Waals surface area contributed by atoms with Crippen LogP contribution >= 0.6 is 0 Å². The highest BCUT2D eigenvalue weighted by Crippen LogP contribution is 2.31. The Balaban J connectivity index is 1.49. The molecule has 0 radical (unpaired) electrons. The molecule has 0 N–H and O–H groups in total. The van der Waals surface area contributed by atoms with Crippen LogP contribution in [0.4, 0.5) is 0 Å². The van der Waals surface area contributed by atoms with Crippen LogP contribution in [0.5, 0.6) is 0 Å². The van der Waals surface area contributed by atoms with Gasteiger partial charge in [-0.3, -0.25) is 0 Å². The molecule has 0 aliphatic rings. The van der Waals surface area contributed by atoms with E-state index < -0.39 is 0 Å². The lowest BCUT2D eigenvalue weighted by molar-refractivity contribution is -0.677. The summed E-state index contributed by atoms with van der Waals surface area (Å²) < 4.78 is 4.63. The number of nitrogens with zero attached hydrogens (tertiary/aromatic N) is 2. The highest BCUT2D eigenvalue weighted by Gasteiger charge is 2.22. The predicted molar refractivity (Wildman–Crippen MR) is 169 cm³/mol. The van der Waals surface area contributed by atoms with E-state index in [0.717, 1.165) is 6.54 Å². The van der Waals surface area contributed by atoms with Gasteiger partial charge in [-0.1, -0.05) is 84.9 Å². The Morgan fingerprint density at radius 2 is 1.05 bits per heavy atom. The van der Waals surface area contributed by atoms with Crippen LogP contribution in [-0.4, -0.2) is 0 Å². The van der Waals surface area contributed by atoms with Crippen LogP contribution < -0.4 is 9.13 Å². The molecule has 0 aliphatic heterocycles. The number of hydrogen-bond donors (Lipinski definition) is 0. The molecule has 0 saturated heterocycles. The minimum atomic E-state index is 0.767. The van der Waals surface area contributed by atoms with Crippen molar-refractivity contribution in [3.8, 4) is 44.8 Å². The second-order valence-corrected chi connectivity index (χ2v) is 11.1. The molecular weight excluding hydrogens is 496 g/mol. The van der Waals surface area contributed by atoms with Gasteiger partial charge < -0.3 is 0 Å². The minimum absolute atomic E-state index is 0.767. The summed E-state index contributed by atoms with van der Waals surface area (Å²) in [6, 6.07) is 44.0. The molecule has 0 aliphatic carbocycles. The summed E-state index contributed by atoms with van der Waals surface area (Å²) in [7, 11) is 2.14. The van der Waals surface area contributed by atoms with E-state index >= 15 is 0 Å². The standard InChI is InChI=1S/C39H36N2/c1-28-19-21-40(4)38(23-28)37-26-34(32-13-9-6-10-14-32)17-18-35(37)27-41-22-20-29(2)24-39(41)36-25-33(16-15-30(36)3)31-11-7-5-8-12-31/h5-26H,27H2,1-4H3/q+2. The maximum atomic E-state index is 2.40. The Bertz CT molecular complexity index is 1840. The van der Waals surface area contributed by atoms with Gasteiger partial charge in [0.25, 0.3) is 0 Å². The van der Waals surface area contributed by atoms with Crippen molar-refractivity contribution in [1.82, 2.24) is 0 Å². The van der Waals surface area contributed by atoms with E-state index in [-0.39, 0.29) is 0 Å². The van der Waals surface area contributed by atoms with E-state index in [4.69, 9.17) is 0 Å². The summed E-state index contributed by atoms with van der Waals surface area (Å²) in [5.74, 6) is 0. The third-order valence-corrected chi connectivity index (χ3v) is 7.95. The number of aryl methyl sites for hydroxylation is 4. The molecule has 6 aromatic rings. The van der Waals surface area contributed by atoms with Crippen molar-refractivity contribution < 1.29 is 9.13 Å². The molecule has 2 aromatic heterocycles. The van der Waals surface area contributed by atoms with Gasteiger partial charge in [0, 0.05) is 35.4 Å². The SMILES string of the molecule is Cc1cc[n+](C)c(-c2cc(-c3ccccc3)ccc2C[n+]2ccc(C)cc2-c2cc(-c3ccccc3)ccc2C)c1. The second-order valence-electron chi connectivity index (χ2n) is 11.1. The van der Waals surface area contributed by atoms with Crippen molar-refractivity contribution in [1.29, 1.82) is 0 Å². The molecule has 2 heteroatoms. The lowest BCUT2D eigenvalue weighted by Crippen LogP contribution is -2.37. The molecule has 6 rings (SSSR count). The van der Waals surface area contributed by atoms with Crippen LogP contribution in [0.3, 0.4) is 0 Å². The Morgan fingerprint density at radius 1 is 0.488 bits per heavy atom. The third kappa shape index (κ3) is 5.60. The van der Waals surface area contributed by atoms with Crippen molar-refractivity contribution in [2.45, 2.75) is 27.3 Å². The van der Waals surface area contributed by atoms with Crippen molar-refractivity contribution >= 4 is 0 Å². The van der Waals surface area contributed by atoms with Crippen molar-refractivity contribution in [2.75, 3.05) is 0 Å². The zero-order chi connectivity index (χ0) is 28.3. The Labute approximate surface area is 243 Å². The van der Waals surface area contributed by atoms with Crippen LogP contribution in [0.15, 0.2) is 134 Å². The fourth-order valence-corrected chi connectivity index (χ4v) is 5.60. The van der Waals surface area contributed by atoms with Crippen LogP contribution in [-0.2, 0) is 13.6 Å². The molecule has 41 heavy (non-hydrogen) atoms. The molecule has 0 saturated carbocycles. The lowest BCUT2D eigenvalue weighted by atomic mass is 9.95. The molecule has 4 aromatic carbocycles. The first-order chi connectivity index (χ1) is 20.0. The third-order valence-electron chi connectivity index (χ3n) is 7.95. The van der Waals surface area contributed by atoms with Gasteiger partial charge in [-0.25, -0.2) is 4.57 Å². The molecule has 0 atom stereocenters. The Kier molecular flexibility index (Phi) is 7.31. The molecule has 200 valence electrons. The monoisotopic (exact) mass is 532 g/mol. The van der Waals surface area contributed by atoms with Gasteiger partial charge in [-0.2, -0.15) is 4.57 Å². The summed E-state index contributed by atoms with van der Waals surface area (Å²) in [6.07, 6.45) is 4.40. The molecular formula is C39H36N2+2. The average molecular weight is 533 g/mol. The number of aromatic nitrogens is 2. The van der Waals surface area contributed by atoms with Gasteiger partial charge in [-0.15, -0.1) is 0 Å². The number of rotatable bonds is 6. The smallest absolute Gasteiger partial charge is 0.201 e. The normalized spacial score (nSPS) is 11.0. The fraction of sp³-hybridized carbons (Fsp3) is 0.128. The summed E-state index contributed by atoms with van der Waals surface area (Å²) in [5.41, 5.74) is 15.0. The van der Waals surface area contributed by atoms with Crippen LogP contribution in [0.1, 0.15) is 22.3 Å². The summed E-state index contributed by atoms with van der Waals surface area (Å²) in [6.45, 7) is 7.32. The maximum Gasteiger partial charge on any atom is 0.213 e. The van der Waals surface area contributed by atoms with Gasteiger partial charge in [0.2, 0.25) is 11.4 Å². The zero-order valence-corrected chi connectivity index (χ0v) is 24.3. The lowest BCUT2D eigenvalue weighted by Gasteiger charge is -2.13. The van der Waals surface area contributed by atoms with Crippen LogP contribution in [0.2, 0.25) is 0 Å². The number of hydrogen-bond acceptors (Lipinski definition) is 0. The first kappa shape index (κ1) is 26.4. The van der Waals surface area contributed by atoms with Gasteiger partial charge in [0.05, 0.1) is 5.56 Å². The van der Waals surface area contributed by atoms with Crippen molar-refractivity contribution in [3.63, 3.8) is 0 Å². The Morgan fingerprint density at radius 3 is 1.71 bits per heavy atom. The van der Waals surface area contributed by atoms with Crippen LogP contribution in [0, 0.1) is 20.8 Å².